The van der Waals surface area contributed by atoms with Crippen LogP contribution in [0.25, 0.3) is 11.0 Å². The zero-order valence-electron chi connectivity index (χ0n) is 19.3. The molecule has 1 aliphatic rings. The van der Waals surface area contributed by atoms with Crippen LogP contribution in [0.1, 0.15) is 34.0 Å². The summed E-state index contributed by atoms with van der Waals surface area (Å²) in [5, 5.41) is 17.9. The molecule has 0 radical (unpaired) electrons. The van der Waals surface area contributed by atoms with Crippen molar-refractivity contribution in [2.24, 2.45) is 7.05 Å². The van der Waals surface area contributed by atoms with Gasteiger partial charge in [-0.15, -0.1) is 15.3 Å². The van der Waals surface area contributed by atoms with Crippen molar-refractivity contribution in [1.82, 2.24) is 29.8 Å². The van der Waals surface area contributed by atoms with Crippen LogP contribution < -0.4 is 0 Å². The molecule has 0 fully saturated rings. The van der Waals surface area contributed by atoms with Gasteiger partial charge in [0.2, 0.25) is 0 Å². The van der Waals surface area contributed by atoms with Crippen LogP contribution in [0.3, 0.4) is 0 Å². The van der Waals surface area contributed by atoms with E-state index in [0.29, 0.717) is 17.5 Å². The normalized spacial score (nSPS) is 13.4. The third-order valence-electron chi connectivity index (χ3n) is 6.70. The standard InChI is InChI=1S/C27H24N6OS/c1-32-25(16-33-23-13-7-6-12-22(23)28-31-33)29-30-27(32)35-17-24(34)26-20-10-4-2-8-18(20)14-15-19-9-3-5-11-21(19)26/h2-13,26H,14-17H2,1H3. The Morgan fingerprint density at radius 3 is 2.29 bits per heavy atom. The second-order valence-corrected chi connectivity index (χ2v) is 9.72. The number of fused-ring (bicyclic) bond motifs is 3. The van der Waals surface area contributed by atoms with E-state index in [4.69, 9.17) is 0 Å². The highest BCUT2D eigenvalue weighted by molar-refractivity contribution is 7.99. The molecule has 2 aromatic heterocycles. The first-order valence-electron chi connectivity index (χ1n) is 11.7. The van der Waals surface area contributed by atoms with E-state index in [1.165, 1.54) is 22.9 Å². The number of thioether (sulfide) groups is 1. The van der Waals surface area contributed by atoms with E-state index >= 15 is 0 Å². The van der Waals surface area contributed by atoms with Gasteiger partial charge in [0, 0.05) is 7.05 Å². The molecule has 0 spiro atoms. The molecule has 1 aliphatic carbocycles. The molecule has 35 heavy (non-hydrogen) atoms. The van der Waals surface area contributed by atoms with E-state index in [9.17, 15) is 4.79 Å². The molecule has 0 saturated carbocycles. The molecule has 0 aliphatic heterocycles. The summed E-state index contributed by atoms with van der Waals surface area (Å²) >= 11 is 1.44. The highest BCUT2D eigenvalue weighted by atomic mass is 32.2. The van der Waals surface area contributed by atoms with Crippen molar-refractivity contribution in [2.75, 3.05) is 5.75 Å². The molecule has 0 atom stereocenters. The van der Waals surface area contributed by atoms with Crippen LogP contribution in [0.15, 0.2) is 78.0 Å². The third-order valence-corrected chi connectivity index (χ3v) is 7.74. The minimum Gasteiger partial charge on any atom is -0.308 e. The number of carbonyl (C=O) groups is 1. The molecule has 0 N–H and O–H groups in total. The van der Waals surface area contributed by atoms with E-state index in [1.54, 1.807) is 0 Å². The van der Waals surface area contributed by atoms with E-state index < -0.39 is 0 Å². The zero-order chi connectivity index (χ0) is 23.8. The lowest BCUT2D eigenvalue weighted by Gasteiger charge is -2.19. The summed E-state index contributed by atoms with van der Waals surface area (Å²) in [6.45, 7) is 0.460. The Morgan fingerprint density at radius 1 is 0.886 bits per heavy atom. The van der Waals surface area contributed by atoms with Gasteiger partial charge in [0.05, 0.1) is 17.2 Å². The SMILES string of the molecule is Cn1c(Cn2nnc3ccccc32)nnc1SCC(=O)C1c2ccccc2CCc2ccccc21. The molecule has 0 saturated heterocycles. The first-order valence-corrected chi connectivity index (χ1v) is 12.6. The summed E-state index contributed by atoms with van der Waals surface area (Å²) in [4.78, 5) is 13.7. The van der Waals surface area contributed by atoms with Crippen molar-refractivity contribution in [3.8, 4) is 0 Å². The Kier molecular flexibility index (Phi) is 5.66. The maximum atomic E-state index is 13.7. The van der Waals surface area contributed by atoms with Crippen LogP contribution in [0.2, 0.25) is 0 Å². The topological polar surface area (TPSA) is 78.5 Å². The molecule has 8 heteroatoms. The second-order valence-electron chi connectivity index (χ2n) is 8.78. The van der Waals surface area contributed by atoms with Crippen molar-refractivity contribution >= 4 is 28.6 Å². The number of Topliss-reactive ketones (excluding diaryl/α,β-unsaturated/α-hetero) is 1. The van der Waals surface area contributed by atoms with E-state index in [2.05, 4.69) is 56.9 Å². The minimum atomic E-state index is -0.258. The van der Waals surface area contributed by atoms with Gasteiger partial charge in [0.1, 0.15) is 12.1 Å². The fourth-order valence-electron chi connectivity index (χ4n) is 4.87. The molecular weight excluding hydrogens is 456 g/mol. The summed E-state index contributed by atoms with van der Waals surface area (Å²) < 4.78 is 3.75. The number of aryl methyl sites for hydroxylation is 2. The van der Waals surface area contributed by atoms with E-state index in [0.717, 1.165) is 40.8 Å². The molecule has 0 unspecified atom stereocenters. The number of rotatable bonds is 6. The summed E-state index contributed by atoms with van der Waals surface area (Å²) in [5.41, 5.74) is 6.56. The van der Waals surface area contributed by atoms with Crippen molar-refractivity contribution in [2.45, 2.75) is 30.5 Å². The van der Waals surface area contributed by atoms with Crippen molar-refractivity contribution in [3.05, 3.63) is 101 Å². The first-order chi connectivity index (χ1) is 17.2. The lowest BCUT2D eigenvalue weighted by molar-refractivity contribution is -0.117. The Balaban J connectivity index is 1.23. The number of aromatic nitrogens is 6. The number of carbonyl (C=O) groups excluding carboxylic acids is 1. The predicted molar refractivity (Wildman–Crippen MR) is 135 cm³/mol. The highest BCUT2D eigenvalue weighted by Crippen LogP contribution is 2.36. The third kappa shape index (κ3) is 4.04. The van der Waals surface area contributed by atoms with Crippen LogP contribution in [-0.4, -0.2) is 41.3 Å². The van der Waals surface area contributed by atoms with E-state index in [1.807, 2.05) is 52.7 Å². The van der Waals surface area contributed by atoms with Gasteiger partial charge in [-0.25, -0.2) is 4.68 Å². The largest absolute Gasteiger partial charge is 0.308 e. The smallest absolute Gasteiger partial charge is 0.191 e. The second kappa shape index (κ2) is 9.11. The van der Waals surface area contributed by atoms with Gasteiger partial charge < -0.3 is 4.57 Å². The van der Waals surface area contributed by atoms with Gasteiger partial charge in [-0.2, -0.15) is 0 Å². The first kappa shape index (κ1) is 21.7. The van der Waals surface area contributed by atoms with Crippen LogP contribution in [0.4, 0.5) is 0 Å². The number of ketones is 1. The molecule has 6 rings (SSSR count). The van der Waals surface area contributed by atoms with Crippen LogP contribution in [0, 0.1) is 0 Å². The van der Waals surface area contributed by atoms with Crippen LogP contribution >= 0.6 is 11.8 Å². The van der Waals surface area contributed by atoms with Crippen LogP contribution in [-0.2, 0) is 31.2 Å². The van der Waals surface area contributed by atoms with Gasteiger partial charge in [0.25, 0.3) is 0 Å². The molecule has 0 bridgehead atoms. The molecule has 7 nitrogen and oxygen atoms in total. The average molecular weight is 481 g/mol. The van der Waals surface area contributed by atoms with Crippen LogP contribution in [0.5, 0.6) is 0 Å². The maximum absolute atomic E-state index is 13.7. The van der Waals surface area contributed by atoms with Gasteiger partial charge >= 0.3 is 0 Å². The number of para-hydroxylation sites is 1. The number of benzene rings is 3. The van der Waals surface area contributed by atoms with E-state index in [-0.39, 0.29) is 11.7 Å². The zero-order valence-corrected chi connectivity index (χ0v) is 20.2. The Bertz CT molecular complexity index is 1490. The average Bonchev–Trinajstić information content (AvgIpc) is 3.41. The lowest BCUT2D eigenvalue weighted by Crippen LogP contribution is -2.18. The summed E-state index contributed by atoms with van der Waals surface area (Å²) in [6.07, 6.45) is 1.90. The van der Waals surface area contributed by atoms with Crippen molar-refractivity contribution in [1.29, 1.82) is 0 Å². The molecule has 3 aromatic carbocycles. The molecule has 174 valence electrons. The summed E-state index contributed by atoms with van der Waals surface area (Å²) in [5.74, 6) is 1.02. The predicted octanol–water partition coefficient (Wildman–Crippen LogP) is 4.20. The lowest BCUT2D eigenvalue weighted by atomic mass is 9.85. The Labute approximate surface area is 207 Å². The van der Waals surface area contributed by atoms with Gasteiger partial charge in [-0.3, -0.25) is 4.79 Å². The molecule has 2 heterocycles. The minimum absolute atomic E-state index is 0.184. The monoisotopic (exact) mass is 480 g/mol. The Hall–Kier alpha value is -3.78. The fourth-order valence-corrected chi connectivity index (χ4v) is 5.70. The molecule has 5 aromatic rings. The molecular formula is C27H24N6OS. The van der Waals surface area contributed by atoms with Gasteiger partial charge in [-0.05, 0) is 47.2 Å². The summed E-state index contributed by atoms with van der Waals surface area (Å²) in [7, 11) is 1.93. The van der Waals surface area contributed by atoms with Gasteiger partial charge in [-0.1, -0.05) is 77.6 Å². The fraction of sp³-hybridized carbons (Fsp3) is 0.222. The highest BCUT2D eigenvalue weighted by Gasteiger charge is 2.29. The maximum Gasteiger partial charge on any atom is 0.191 e. The quantitative estimate of drug-likeness (QED) is 0.339. The number of hydrogen-bond acceptors (Lipinski definition) is 6. The summed E-state index contributed by atoms with van der Waals surface area (Å²) in [6, 6.07) is 24.5. The van der Waals surface area contributed by atoms with Crippen molar-refractivity contribution < 1.29 is 4.79 Å². The van der Waals surface area contributed by atoms with Crippen molar-refractivity contribution in [3.63, 3.8) is 0 Å². The molecule has 0 amide bonds. The Morgan fingerprint density at radius 2 is 1.54 bits per heavy atom. The number of hydrogen-bond donors (Lipinski definition) is 0. The van der Waals surface area contributed by atoms with Gasteiger partial charge in [0.15, 0.2) is 16.8 Å². The number of nitrogens with zero attached hydrogens (tertiary/aromatic N) is 6.